The summed E-state index contributed by atoms with van der Waals surface area (Å²) in [6.45, 7) is 1.13. The molecule has 6 heteroatoms. The van der Waals surface area contributed by atoms with E-state index in [4.69, 9.17) is 5.73 Å². The Bertz CT molecular complexity index is 219. The van der Waals surface area contributed by atoms with E-state index in [1.165, 1.54) is 0 Å². The second-order valence-corrected chi connectivity index (χ2v) is 1.99. The second kappa shape index (κ2) is 3.55. The highest BCUT2D eigenvalue weighted by Gasteiger charge is 1.91. The first-order chi connectivity index (χ1) is 5.29. The zero-order chi connectivity index (χ0) is 8.10. The molecule has 0 radical (unpaired) electrons. The molecule has 0 bridgehead atoms. The Kier molecular flexibility index (Phi) is 2.42. The van der Waals surface area contributed by atoms with Gasteiger partial charge in [-0.3, -0.25) is 0 Å². The van der Waals surface area contributed by atoms with Crippen LogP contribution in [-0.2, 0) is 6.54 Å². The zero-order valence-electron chi connectivity index (χ0n) is 5.90. The Hall–Kier alpha value is -1.59. The standard InChI is InChI=1S/C5H9N5O/c6-5(11)7-1-2-10-3-8-9-4-10/h3-4H,1-2H2,(H3,6,7,11). The highest BCUT2D eigenvalue weighted by molar-refractivity contribution is 5.71. The Balaban J connectivity index is 2.19. The van der Waals surface area contributed by atoms with Gasteiger partial charge < -0.3 is 15.6 Å². The van der Waals surface area contributed by atoms with Crippen molar-refractivity contribution in [1.29, 1.82) is 0 Å². The molecule has 2 amide bonds. The minimum atomic E-state index is -0.516. The van der Waals surface area contributed by atoms with Crippen molar-refractivity contribution in [3.8, 4) is 0 Å². The normalized spacial score (nSPS) is 9.45. The van der Waals surface area contributed by atoms with Crippen LogP contribution in [0.2, 0.25) is 0 Å². The van der Waals surface area contributed by atoms with Gasteiger partial charge in [-0.15, -0.1) is 10.2 Å². The van der Waals surface area contributed by atoms with Crippen LogP contribution in [0.1, 0.15) is 0 Å². The van der Waals surface area contributed by atoms with Gasteiger partial charge in [-0.25, -0.2) is 4.79 Å². The van der Waals surface area contributed by atoms with Crippen molar-refractivity contribution >= 4 is 6.03 Å². The third-order valence-electron chi connectivity index (χ3n) is 1.14. The van der Waals surface area contributed by atoms with Gasteiger partial charge in [0.1, 0.15) is 12.7 Å². The van der Waals surface area contributed by atoms with Crippen molar-refractivity contribution in [2.24, 2.45) is 5.73 Å². The fourth-order valence-electron chi connectivity index (χ4n) is 0.646. The summed E-state index contributed by atoms with van der Waals surface area (Å²) in [6.07, 6.45) is 3.14. The average molecular weight is 155 g/mol. The van der Waals surface area contributed by atoms with Crippen LogP contribution in [0, 0.1) is 0 Å². The molecule has 0 unspecified atom stereocenters. The van der Waals surface area contributed by atoms with Crippen molar-refractivity contribution in [2.45, 2.75) is 6.54 Å². The number of amides is 2. The lowest BCUT2D eigenvalue weighted by atomic mass is 10.6. The van der Waals surface area contributed by atoms with Crippen molar-refractivity contribution in [2.75, 3.05) is 6.54 Å². The predicted octanol–water partition coefficient (Wildman–Crippen LogP) is -1.05. The Morgan fingerprint density at radius 2 is 2.18 bits per heavy atom. The fraction of sp³-hybridized carbons (Fsp3) is 0.400. The van der Waals surface area contributed by atoms with Gasteiger partial charge >= 0.3 is 6.03 Å². The molecule has 0 aliphatic heterocycles. The Morgan fingerprint density at radius 1 is 1.55 bits per heavy atom. The van der Waals surface area contributed by atoms with Crippen LogP contribution in [0.3, 0.4) is 0 Å². The van der Waals surface area contributed by atoms with Crippen LogP contribution in [0.4, 0.5) is 4.79 Å². The zero-order valence-corrected chi connectivity index (χ0v) is 5.90. The van der Waals surface area contributed by atoms with Gasteiger partial charge in [0.05, 0.1) is 0 Å². The number of nitrogens with two attached hydrogens (primary N) is 1. The van der Waals surface area contributed by atoms with Gasteiger partial charge in [-0.1, -0.05) is 0 Å². The number of hydrogen-bond acceptors (Lipinski definition) is 3. The Morgan fingerprint density at radius 3 is 2.73 bits per heavy atom. The van der Waals surface area contributed by atoms with Crippen molar-refractivity contribution in [1.82, 2.24) is 20.1 Å². The maximum atomic E-state index is 10.2. The molecule has 0 atom stereocenters. The SMILES string of the molecule is NC(=O)NCCn1cnnc1. The minimum Gasteiger partial charge on any atom is -0.352 e. The summed E-state index contributed by atoms with van der Waals surface area (Å²) >= 11 is 0. The number of urea groups is 1. The summed E-state index contributed by atoms with van der Waals surface area (Å²) in [5.41, 5.74) is 4.84. The lowest BCUT2D eigenvalue weighted by Crippen LogP contribution is -2.31. The van der Waals surface area contributed by atoms with E-state index in [2.05, 4.69) is 15.5 Å². The molecule has 0 fully saturated rings. The van der Waals surface area contributed by atoms with Crippen molar-refractivity contribution in [3.05, 3.63) is 12.7 Å². The molecule has 3 N–H and O–H groups in total. The van der Waals surface area contributed by atoms with Crippen LogP contribution in [0.5, 0.6) is 0 Å². The van der Waals surface area contributed by atoms with E-state index in [1.807, 2.05) is 0 Å². The number of nitrogens with one attached hydrogen (secondary N) is 1. The van der Waals surface area contributed by atoms with E-state index < -0.39 is 6.03 Å². The molecule has 0 saturated heterocycles. The molecule has 1 aromatic rings. The van der Waals surface area contributed by atoms with Gasteiger partial charge in [0.15, 0.2) is 0 Å². The average Bonchev–Trinajstić information content (AvgIpc) is 2.39. The van der Waals surface area contributed by atoms with Gasteiger partial charge in [0, 0.05) is 13.1 Å². The molecule has 0 spiro atoms. The predicted molar refractivity (Wildman–Crippen MR) is 37.6 cm³/mol. The number of carbonyl (C=O) groups excluding carboxylic acids is 1. The molecule has 11 heavy (non-hydrogen) atoms. The summed E-state index contributed by atoms with van der Waals surface area (Å²) in [6, 6.07) is -0.516. The molecule has 0 saturated carbocycles. The summed E-state index contributed by atoms with van der Waals surface area (Å²) in [4.78, 5) is 10.2. The van der Waals surface area contributed by atoms with E-state index in [1.54, 1.807) is 17.2 Å². The summed E-state index contributed by atoms with van der Waals surface area (Å²) in [5, 5.41) is 9.62. The molecule has 60 valence electrons. The maximum absolute atomic E-state index is 10.2. The fourth-order valence-corrected chi connectivity index (χ4v) is 0.646. The van der Waals surface area contributed by atoms with E-state index >= 15 is 0 Å². The topological polar surface area (TPSA) is 85.8 Å². The smallest absolute Gasteiger partial charge is 0.312 e. The molecule has 0 aromatic carbocycles. The number of nitrogens with zero attached hydrogens (tertiary/aromatic N) is 3. The molecular weight excluding hydrogens is 146 g/mol. The number of hydrogen-bond donors (Lipinski definition) is 2. The highest BCUT2D eigenvalue weighted by Crippen LogP contribution is 1.78. The van der Waals surface area contributed by atoms with E-state index in [0.29, 0.717) is 13.1 Å². The number of rotatable bonds is 3. The molecule has 0 aliphatic rings. The van der Waals surface area contributed by atoms with Gasteiger partial charge in [-0.2, -0.15) is 0 Å². The van der Waals surface area contributed by atoms with Crippen molar-refractivity contribution in [3.63, 3.8) is 0 Å². The largest absolute Gasteiger partial charge is 0.352 e. The van der Waals surface area contributed by atoms with E-state index in [9.17, 15) is 4.79 Å². The first kappa shape index (κ1) is 7.52. The van der Waals surface area contributed by atoms with Crippen LogP contribution >= 0.6 is 0 Å². The number of primary amides is 1. The van der Waals surface area contributed by atoms with Crippen LogP contribution < -0.4 is 11.1 Å². The first-order valence-electron chi connectivity index (χ1n) is 3.15. The van der Waals surface area contributed by atoms with Crippen LogP contribution in [-0.4, -0.2) is 27.3 Å². The molecule has 0 aliphatic carbocycles. The third kappa shape index (κ3) is 2.65. The molecule has 6 nitrogen and oxygen atoms in total. The first-order valence-corrected chi connectivity index (χ1v) is 3.15. The second-order valence-electron chi connectivity index (χ2n) is 1.99. The third-order valence-corrected chi connectivity index (χ3v) is 1.14. The van der Waals surface area contributed by atoms with Gasteiger partial charge in [0.2, 0.25) is 0 Å². The summed E-state index contributed by atoms with van der Waals surface area (Å²) < 4.78 is 1.75. The summed E-state index contributed by atoms with van der Waals surface area (Å²) in [7, 11) is 0. The number of aromatic nitrogens is 3. The van der Waals surface area contributed by atoms with Gasteiger partial charge in [-0.05, 0) is 0 Å². The molecule has 1 heterocycles. The number of carbonyl (C=O) groups is 1. The van der Waals surface area contributed by atoms with Crippen LogP contribution in [0.15, 0.2) is 12.7 Å². The quantitative estimate of drug-likeness (QED) is 0.583. The van der Waals surface area contributed by atoms with Gasteiger partial charge in [0.25, 0.3) is 0 Å². The lowest BCUT2D eigenvalue weighted by Gasteiger charge is -2.00. The Labute approximate surface area is 63.4 Å². The summed E-state index contributed by atoms with van der Waals surface area (Å²) in [5.74, 6) is 0. The lowest BCUT2D eigenvalue weighted by molar-refractivity contribution is 0.248. The molecule has 1 rings (SSSR count). The van der Waals surface area contributed by atoms with E-state index in [0.717, 1.165) is 0 Å². The molecule has 1 aromatic heterocycles. The highest BCUT2D eigenvalue weighted by atomic mass is 16.2. The van der Waals surface area contributed by atoms with E-state index in [-0.39, 0.29) is 0 Å². The monoisotopic (exact) mass is 155 g/mol. The minimum absolute atomic E-state index is 0.493. The maximum Gasteiger partial charge on any atom is 0.312 e. The molecular formula is C5H9N5O. The van der Waals surface area contributed by atoms with Crippen molar-refractivity contribution < 1.29 is 4.79 Å². The van der Waals surface area contributed by atoms with Crippen LogP contribution in [0.25, 0.3) is 0 Å².